The van der Waals surface area contributed by atoms with E-state index in [4.69, 9.17) is 9.72 Å². The van der Waals surface area contributed by atoms with Crippen molar-refractivity contribution in [2.24, 2.45) is 0 Å². The summed E-state index contributed by atoms with van der Waals surface area (Å²) >= 11 is 3.96. The monoisotopic (exact) mass is 327 g/mol. The van der Waals surface area contributed by atoms with Gasteiger partial charge in [-0.05, 0) is 19.8 Å². The highest BCUT2D eigenvalue weighted by Crippen LogP contribution is 2.44. The molecule has 1 atom stereocenters. The van der Waals surface area contributed by atoms with E-state index in [9.17, 15) is 0 Å². The van der Waals surface area contributed by atoms with E-state index in [-0.39, 0.29) is 0 Å². The SMILES string of the molecule is COCCNCc1sc(N2CCSCC2C)nc1C1CC1. The van der Waals surface area contributed by atoms with Crippen LogP contribution in [-0.4, -0.2) is 49.3 Å². The molecule has 0 bridgehead atoms. The zero-order chi connectivity index (χ0) is 14.7. The molecule has 0 amide bonds. The van der Waals surface area contributed by atoms with Crippen molar-refractivity contribution in [2.45, 2.75) is 38.3 Å². The molecular weight excluding hydrogens is 302 g/mol. The van der Waals surface area contributed by atoms with Crippen LogP contribution in [-0.2, 0) is 11.3 Å². The predicted molar refractivity (Wildman–Crippen MR) is 91.8 cm³/mol. The van der Waals surface area contributed by atoms with Crippen LogP contribution in [0.1, 0.15) is 36.3 Å². The van der Waals surface area contributed by atoms with Crippen LogP contribution < -0.4 is 10.2 Å². The lowest BCUT2D eigenvalue weighted by molar-refractivity contribution is 0.199. The van der Waals surface area contributed by atoms with Crippen LogP contribution in [0.4, 0.5) is 5.13 Å². The van der Waals surface area contributed by atoms with Gasteiger partial charge < -0.3 is 15.0 Å². The lowest BCUT2D eigenvalue weighted by Gasteiger charge is -2.32. The van der Waals surface area contributed by atoms with Crippen molar-refractivity contribution in [3.05, 3.63) is 10.6 Å². The van der Waals surface area contributed by atoms with Gasteiger partial charge in [0.05, 0.1) is 12.3 Å². The van der Waals surface area contributed by atoms with Gasteiger partial charge in [0, 0.05) is 55.1 Å². The Morgan fingerprint density at radius 1 is 1.43 bits per heavy atom. The van der Waals surface area contributed by atoms with Gasteiger partial charge in [0.2, 0.25) is 0 Å². The zero-order valence-electron chi connectivity index (χ0n) is 12.9. The third-order valence-corrected chi connectivity index (χ3v) is 6.36. The van der Waals surface area contributed by atoms with Crippen LogP contribution in [0, 0.1) is 0 Å². The van der Waals surface area contributed by atoms with Crippen molar-refractivity contribution in [1.82, 2.24) is 10.3 Å². The smallest absolute Gasteiger partial charge is 0.186 e. The number of hydrogen-bond acceptors (Lipinski definition) is 6. The minimum atomic E-state index is 0.608. The molecule has 2 aliphatic rings. The lowest BCUT2D eigenvalue weighted by Crippen LogP contribution is -2.40. The minimum absolute atomic E-state index is 0.608. The van der Waals surface area contributed by atoms with Crippen molar-refractivity contribution in [3.8, 4) is 0 Å². The van der Waals surface area contributed by atoms with Gasteiger partial charge in [0.25, 0.3) is 0 Å². The predicted octanol–water partition coefficient (Wildman–Crippen LogP) is 2.70. The maximum atomic E-state index is 5.10. The lowest BCUT2D eigenvalue weighted by atomic mass is 10.2. The average Bonchev–Trinajstić information content (AvgIpc) is 3.25. The molecule has 1 aromatic heterocycles. The summed E-state index contributed by atoms with van der Waals surface area (Å²) < 4.78 is 5.10. The molecule has 1 saturated carbocycles. The molecule has 0 spiro atoms. The first-order chi connectivity index (χ1) is 10.3. The molecule has 2 fully saturated rings. The Morgan fingerprint density at radius 2 is 2.29 bits per heavy atom. The molecule has 6 heteroatoms. The number of anilines is 1. The summed E-state index contributed by atoms with van der Waals surface area (Å²) in [5.41, 5.74) is 1.37. The van der Waals surface area contributed by atoms with Crippen molar-refractivity contribution in [3.63, 3.8) is 0 Å². The van der Waals surface area contributed by atoms with E-state index in [2.05, 4.69) is 28.9 Å². The van der Waals surface area contributed by atoms with Crippen molar-refractivity contribution in [2.75, 3.05) is 43.2 Å². The van der Waals surface area contributed by atoms with Gasteiger partial charge >= 0.3 is 0 Å². The highest BCUT2D eigenvalue weighted by atomic mass is 32.2. The van der Waals surface area contributed by atoms with Crippen LogP contribution in [0.15, 0.2) is 0 Å². The summed E-state index contributed by atoms with van der Waals surface area (Å²) in [5, 5.41) is 4.72. The fourth-order valence-corrected chi connectivity index (χ4v) is 4.92. The molecule has 1 N–H and O–H groups in total. The third-order valence-electron chi connectivity index (χ3n) is 4.06. The first kappa shape index (κ1) is 15.6. The highest BCUT2D eigenvalue weighted by molar-refractivity contribution is 7.99. The first-order valence-electron chi connectivity index (χ1n) is 7.83. The van der Waals surface area contributed by atoms with E-state index < -0.39 is 0 Å². The van der Waals surface area contributed by atoms with Crippen molar-refractivity contribution < 1.29 is 4.74 Å². The van der Waals surface area contributed by atoms with E-state index in [0.29, 0.717) is 6.04 Å². The molecule has 1 aliphatic heterocycles. The normalized spacial score (nSPS) is 22.8. The van der Waals surface area contributed by atoms with Gasteiger partial charge in [-0.15, -0.1) is 11.3 Å². The van der Waals surface area contributed by atoms with E-state index in [1.807, 2.05) is 11.3 Å². The number of aromatic nitrogens is 1. The Hall–Kier alpha value is -0.300. The second kappa shape index (κ2) is 7.31. The molecule has 0 radical (unpaired) electrons. The molecule has 2 heterocycles. The van der Waals surface area contributed by atoms with Gasteiger partial charge in [-0.3, -0.25) is 0 Å². The van der Waals surface area contributed by atoms with Crippen LogP contribution in [0.5, 0.6) is 0 Å². The quantitative estimate of drug-likeness (QED) is 0.780. The number of rotatable bonds is 7. The summed E-state index contributed by atoms with van der Waals surface area (Å²) in [6.45, 7) is 6.07. The standard InChI is InChI=1S/C15H25N3OS2/c1-11-10-20-8-6-18(11)15-17-14(12-3-4-12)13(21-15)9-16-5-7-19-2/h11-12,16H,3-10H2,1-2H3. The maximum Gasteiger partial charge on any atom is 0.186 e. The number of hydrogen-bond donors (Lipinski definition) is 1. The zero-order valence-corrected chi connectivity index (χ0v) is 14.6. The fraction of sp³-hybridized carbons (Fsp3) is 0.800. The Bertz CT molecular complexity index is 462. The number of nitrogens with zero attached hydrogens (tertiary/aromatic N) is 2. The van der Waals surface area contributed by atoms with Crippen LogP contribution in [0.25, 0.3) is 0 Å². The highest BCUT2D eigenvalue weighted by Gasteiger charge is 2.31. The van der Waals surface area contributed by atoms with Crippen molar-refractivity contribution in [1.29, 1.82) is 0 Å². The Kier molecular flexibility index (Phi) is 5.43. The van der Waals surface area contributed by atoms with Crippen LogP contribution in [0.3, 0.4) is 0 Å². The van der Waals surface area contributed by atoms with Gasteiger partial charge in [-0.1, -0.05) is 0 Å². The van der Waals surface area contributed by atoms with Crippen molar-refractivity contribution >= 4 is 28.2 Å². The molecule has 3 rings (SSSR count). The van der Waals surface area contributed by atoms with Gasteiger partial charge in [-0.25, -0.2) is 4.98 Å². The molecule has 1 aromatic rings. The molecule has 118 valence electrons. The summed E-state index contributed by atoms with van der Waals surface area (Å²) in [7, 11) is 1.75. The number of methoxy groups -OCH3 is 1. The Balaban J connectivity index is 1.69. The van der Waals surface area contributed by atoms with Gasteiger partial charge in [-0.2, -0.15) is 11.8 Å². The van der Waals surface area contributed by atoms with Gasteiger partial charge in [0.15, 0.2) is 5.13 Å². The van der Waals surface area contributed by atoms with Crippen LogP contribution >= 0.6 is 23.1 Å². The second-order valence-corrected chi connectivity index (χ2v) is 8.08. The third kappa shape index (κ3) is 3.92. The van der Waals surface area contributed by atoms with E-state index in [1.165, 1.54) is 40.0 Å². The minimum Gasteiger partial charge on any atom is -0.383 e. The van der Waals surface area contributed by atoms with E-state index >= 15 is 0 Å². The fourth-order valence-electron chi connectivity index (χ4n) is 2.66. The Morgan fingerprint density at radius 3 is 3.00 bits per heavy atom. The second-order valence-electron chi connectivity index (χ2n) is 5.87. The molecular formula is C15H25N3OS2. The molecule has 1 aliphatic carbocycles. The Labute approximate surface area is 135 Å². The van der Waals surface area contributed by atoms with E-state index in [0.717, 1.165) is 32.2 Å². The average molecular weight is 328 g/mol. The summed E-state index contributed by atoms with van der Waals surface area (Å²) in [5.74, 6) is 3.17. The van der Waals surface area contributed by atoms with E-state index in [1.54, 1.807) is 7.11 Å². The number of nitrogens with one attached hydrogen (secondary N) is 1. The topological polar surface area (TPSA) is 37.4 Å². The van der Waals surface area contributed by atoms with Crippen LogP contribution in [0.2, 0.25) is 0 Å². The molecule has 21 heavy (non-hydrogen) atoms. The summed E-state index contributed by atoms with van der Waals surface area (Å²) in [6.07, 6.45) is 2.64. The summed E-state index contributed by atoms with van der Waals surface area (Å²) in [6, 6.07) is 0.608. The summed E-state index contributed by atoms with van der Waals surface area (Å²) in [4.78, 5) is 8.95. The number of thioether (sulfide) groups is 1. The number of thiazole rings is 1. The molecule has 0 aromatic carbocycles. The van der Waals surface area contributed by atoms with Gasteiger partial charge in [0.1, 0.15) is 0 Å². The first-order valence-corrected chi connectivity index (χ1v) is 9.80. The molecule has 4 nitrogen and oxygen atoms in total. The largest absolute Gasteiger partial charge is 0.383 e. The molecule has 1 saturated heterocycles. The number of ether oxygens (including phenoxy) is 1. The molecule has 1 unspecified atom stereocenters. The maximum absolute atomic E-state index is 5.10.